The molecule has 3 rings (SSSR count). The van der Waals surface area contributed by atoms with E-state index in [-0.39, 0.29) is 0 Å². The van der Waals surface area contributed by atoms with Crippen LogP contribution in [0.1, 0.15) is 17.0 Å². The van der Waals surface area contributed by atoms with Gasteiger partial charge in [-0.15, -0.1) is 0 Å². The Labute approximate surface area is 133 Å². The zero-order valence-electron chi connectivity index (χ0n) is 12.7. The predicted octanol–water partition coefficient (Wildman–Crippen LogP) is 2.70. The van der Waals surface area contributed by atoms with Crippen LogP contribution in [-0.2, 0) is 0 Å². The largest absolute Gasteiger partial charge is 0.493 e. The zero-order chi connectivity index (χ0) is 16.2. The molecule has 0 aliphatic heterocycles. The van der Waals surface area contributed by atoms with Crippen LogP contribution in [0, 0.1) is 11.3 Å². The number of hydrogen-bond acceptors (Lipinski definition) is 6. The maximum atomic E-state index is 9.64. The zero-order valence-corrected chi connectivity index (χ0v) is 12.7. The first-order chi connectivity index (χ1) is 11.3. The van der Waals surface area contributed by atoms with Crippen LogP contribution in [0.2, 0.25) is 0 Å². The molecule has 0 saturated heterocycles. The van der Waals surface area contributed by atoms with E-state index in [9.17, 15) is 5.26 Å². The third kappa shape index (κ3) is 2.64. The van der Waals surface area contributed by atoms with Gasteiger partial charge in [-0.2, -0.15) is 15.5 Å². The molecule has 0 saturated carbocycles. The van der Waals surface area contributed by atoms with E-state index in [1.807, 2.05) is 12.1 Å². The molecule has 114 valence electrons. The summed E-state index contributed by atoms with van der Waals surface area (Å²) in [5, 5.41) is 18.6. The third-order valence-corrected chi connectivity index (χ3v) is 3.63. The normalized spacial score (nSPS) is 11.7. The Balaban J connectivity index is 2.23. The van der Waals surface area contributed by atoms with E-state index >= 15 is 0 Å². The summed E-state index contributed by atoms with van der Waals surface area (Å²) >= 11 is 0. The second-order valence-corrected chi connectivity index (χ2v) is 4.87. The SMILES string of the molecule is COc1cc2nncc(C(C#N)c3cccnc3)c2cc1OC. The summed E-state index contributed by atoms with van der Waals surface area (Å²) in [6.07, 6.45) is 4.96. The average Bonchev–Trinajstić information content (AvgIpc) is 2.62. The highest BCUT2D eigenvalue weighted by atomic mass is 16.5. The van der Waals surface area contributed by atoms with Crippen molar-refractivity contribution in [2.75, 3.05) is 14.2 Å². The van der Waals surface area contributed by atoms with Gasteiger partial charge in [0, 0.05) is 29.4 Å². The molecule has 23 heavy (non-hydrogen) atoms. The fourth-order valence-electron chi connectivity index (χ4n) is 2.51. The Morgan fingerprint density at radius 1 is 1.13 bits per heavy atom. The lowest BCUT2D eigenvalue weighted by Gasteiger charge is -2.14. The number of rotatable bonds is 4. The lowest BCUT2D eigenvalue weighted by Crippen LogP contribution is -2.02. The van der Waals surface area contributed by atoms with Gasteiger partial charge in [-0.25, -0.2) is 0 Å². The van der Waals surface area contributed by atoms with Gasteiger partial charge in [0.05, 0.1) is 37.9 Å². The lowest BCUT2D eigenvalue weighted by molar-refractivity contribution is 0.355. The van der Waals surface area contributed by atoms with Gasteiger partial charge in [-0.3, -0.25) is 4.98 Å². The number of nitriles is 1. The molecule has 0 fully saturated rings. The molecule has 0 aliphatic carbocycles. The molecule has 1 unspecified atom stereocenters. The summed E-state index contributed by atoms with van der Waals surface area (Å²) in [4.78, 5) is 4.09. The van der Waals surface area contributed by atoms with E-state index in [2.05, 4.69) is 21.3 Å². The quantitative estimate of drug-likeness (QED) is 0.737. The Hall–Kier alpha value is -3.20. The molecule has 0 radical (unpaired) electrons. The van der Waals surface area contributed by atoms with E-state index in [1.165, 1.54) is 0 Å². The van der Waals surface area contributed by atoms with Gasteiger partial charge < -0.3 is 9.47 Å². The van der Waals surface area contributed by atoms with Crippen LogP contribution in [-0.4, -0.2) is 29.4 Å². The summed E-state index contributed by atoms with van der Waals surface area (Å²) in [6, 6.07) is 9.56. The molecule has 3 aromatic rings. The molecule has 2 aromatic heterocycles. The van der Waals surface area contributed by atoms with Crippen LogP contribution < -0.4 is 9.47 Å². The number of aromatic nitrogens is 3. The molecular weight excluding hydrogens is 292 g/mol. The lowest BCUT2D eigenvalue weighted by atomic mass is 9.92. The van der Waals surface area contributed by atoms with Crippen molar-refractivity contribution in [3.63, 3.8) is 0 Å². The fourth-order valence-corrected chi connectivity index (χ4v) is 2.51. The standard InChI is InChI=1S/C17H14N4O2/c1-22-16-6-12-14(10-20-21-15(12)7-17(16)23-2)13(8-18)11-4-3-5-19-9-11/h3-7,9-10,13H,1-2H3. The number of methoxy groups -OCH3 is 2. The molecule has 0 bridgehead atoms. The smallest absolute Gasteiger partial charge is 0.162 e. The van der Waals surface area contributed by atoms with Crippen molar-refractivity contribution >= 4 is 10.9 Å². The Morgan fingerprint density at radius 3 is 2.57 bits per heavy atom. The minimum atomic E-state index is -0.486. The van der Waals surface area contributed by atoms with Crippen molar-refractivity contribution in [2.24, 2.45) is 0 Å². The van der Waals surface area contributed by atoms with Crippen molar-refractivity contribution in [1.82, 2.24) is 15.2 Å². The van der Waals surface area contributed by atoms with E-state index < -0.39 is 5.92 Å². The van der Waals surface area contributed by atoms with Gasteiger partial charge in [0.1, 0.15) is 0 Å². The van der Waals surface area contributed by atoms with E-state index in [0.29, 0.717) is 17.0 Å². The first-order valence-electron chi connectivity index (χ1n) is 6.95. The first-order valence-corrected chi connectivity index (χ1v) is 6.95. The van der Waals surface area contributed by atoms with Gasteiger partial charge in [-0.1, -0.05) is 6.07 Å². The Kier molecular flexibility index (Phi) is 4.02. The molecule has 1 atom stereocenters. The van der Waals surface area contributed by atoms with Crippen LogP contribution in [0.15, 0.2) is 42.9 Å². The molecule has 1 aromatic carbocycles. The topological polar surface area (TPSA) is 80.9 Å². The second kappa shape index (κ2) is 6.28. The van der Waals surface area contributed by atoms with Crippen molar-refractivity contribution in [2.45, 2.75) is 5.92 Å². The van der Waals surface area contributed by atoms with Crippen LogP contribution in [0.3, 0.4) is 0 Å². The van der Waals surface area contributed by atoms with Crippen molar-refractivity contribution < 1.29 is 9.47 Å². The van der Waals surface area contributed by atoms with Gasteiger partial charge in [0.15, 0.2) is 11.5 Å². The van der Waals surface area contributed by atoms with Crippen molar-refractivity contribution in [1.29, 1.82) is 5.26 Å². The fraction of sp³-hybridized carbons (Fsp3) is 0.176. The van der Waals surface area contributed by atoms with Gasteiger partial charge >= 0.3 is 0 Å². The third-order valence-electron chi connectivity index (χ3n) is 3.63. The molecule has 2 heterocycles. The van der Waals surface area contributed by atoms with Gasteiger partial charge in [0.2, 0.25) is 0 Å². The Morgan fingerprint density at radius 2 is 1.91 bits per heavy atom. The maximum absolute atomic E-state index is 9.64. The summed E-state index contributed by atoms with van der Waals surface area (Å²) in [5.41, 5.74) is 2.20. The number of benzene rings is 1. The summed E-state index contributed by atoms with van der Waals surface area (Å²) in [7, 11) is 3.13. The van der Waals surface area contributed by atoms with Crippen LogP contribution >= 0.6 is 0 Å². The van der Waals surface area contributed by atoms with Crippen molar-refractivity contribution in [3.8, 4) is 17.6 Å². The summed E-state index contributed by atoms with van der Waals surface area (Å²) < 4.78 is 10.6. The number of ether oxygens (including phenoxy) is 2. The summed E-state index contributed by atoms with van der Waals surface area (Å²) in [6.45, 7) is 0. The van der Waals surface area contributed by atoms with E-state index in [1.54, 1.807) is 44.9 Å². The minimum Gasteiger partial charge on any atom is -0.493 e. The second-order valence-electron chi connectivity index (χ2n) is 4.87. The van der Waals surface area contributed by atoms with Crippen LogP contribution in [0.5, 0.6) is 11.5 Å². The number of fused-ring (bicyclic) bond motifs is 1. The molecular formula is C17H14N4O2. The average molecular weight is 306 g/mol. The van der Waals surface area contributed by atoms with Crippen LogP contribution in [0.25, 0.3) is 10.9 Å². The highest BCUT2D eigenvalue weighted by molar-refractivity contribution is 5.86. The van der Waals surface area contributed by atoms with Gasteiger partial charge in [0.25, 0.3) is 0 Å². The van der Waals surface area contributed by atoms with Crippen molar-refractivity contribution in [3.05, 3.63) is 54.0 Å². The first kappa shape index (κ1) is 14.7. The van der Waals surface area contributed by atoms with E-state index in [0.717, 1.165) is 16.5 Å². The minimum absolute atomic E-state index is 0.486. The number of hydrogen-bond donors (Lipinski definition) is 0. The molecule has 6 heteroatoms. The summed E-state index contributed by atoms with van der Waals surface area (Å²) in [5.74, 6) is 0.665. The molecule has 0 N–H and O–H groups in total. The molecule has 6 nitrogen and oxygen atoms in total. The molecule has 0 amide bonds. The molecule has 0 spiro atoms. The number of nitrogens with zero attached hydrogens (tertiary/aromatic N) is 4. The predicted molar refractivity (Wildman–Crippen MR) is 84.3 cm³/mol. The highest BCUT2D eigenvalue weighted by Crippen LogP contribution is 2.35. The number of pyridine rings is 1. The Bertz CT molecular complexity index is 875. The van der Waals surface area contributed by atoms with Gasteiger partial charge in [-0.05, 0) is 17.7 Å². The highest BCUT2D eigenvalue weighted by Gasteiger charge is 2.19. The molecule has 0 aliphatic rings. The maximum Gasteiger partial charge on any atom is 0.162 e. The monoisotopic (exact) mass is 306 g/mol. The van der Waals surface area contributed by atoms with Crippen LogP contribution in [0.4, 0.5) is 0 Å². The van der Waals surface area contributed by atoms with E-state index in [4.69, 9.17) is 9.47 Å².